The first-order valence-corrected chi connectivity index (χ1v) is 7.53. The molecule has 0 atom stereocenters. The molecule has 0 aliphatic rings. The number of hydrogen-bond donors (Lipinski definition) is 5. The highest BCUT2D eigenvalue weighted by molar-refractivity contribution is 4.54. The van der Waals surface area contributed by atoms with Crippen LogP contribution in [0.2, 0.25) is 0 Å². The molecule has 0 bridgehead atoms. The maximum absolute atomic E-state index is 8.48. The Hall–Kier alpha value is -0.240. The van der Waals surface area contributed by atoms with Crippen LogP contribution < -0.4 is 0 Å². The first-order valence-electron chi connectivity index (χ1n) is 7.53. The largest absolute Gasteiger partial charge is 0.396 e. The Kier molecular flexibility index (Phi) is 23.2. The van der Waals surface area contributed by atoms with Crippen molar-refractivity contribution >= 4 is 0 Å². The predicted molar refractivity (Wildman–Crippen MR) is 79.6 cm³/mol. The zero-order chi connectivity index (χ0) is 15.5. The molecule has 0 heterocycles. The Balaban J connectivity index is 0. The molecule has 124 valence electrons. The van der Waals surface area contributed by atoms with Crippen LogP contribution in [-0.2, 0) is 0 Å². The van der Waals surface area contributed by atoms with Crippen molar-refractivity contribution in [1.29, 1.82) is 0 Å². The van der Waals surface area contributed by atoms with Crippen molar-refractivity contribution in [2.24, 2.45) is 0 Å². The smallest absolute Gasteiger partial charge is 0.0558 e. The Morgan fingerprint density at radius 3 is 0.950 bits per heavy atom. The lowest BCUT2D eigenvalue weighted by Gasteiger charge is -2.17. The van der Waals surface area contributed by atoms with Gasteiger partial charge in [0.15, 0.2) is 0 Å². The summed E-state index contributed by atoms with van der Waals surface area (Å²) in [5.41, 5.74) is 0. The van der Waals surface area contributed by atoms with Crippen LogP contribution in [0.1, 0.15) is 38.5 Å². The van der Waals surface area contributed by atoms with E-state index in [0.29, 0.717) is 32.8 Å². The highest BCUT2D eigenvalue weighted by atomic mass is 16.3. The maximum atomic E-state index is 8.48. The summed E-state index contributed by atoms with van der Waals surface area (Å²) in [5, 5.41) is 42.3. The standard InChI is InChI=1S/C8H18O2.C6H15NO3/c9-7-5-3-1-2-4-6-8-10;8-4-1-7(2-5-9)3-6-10/h9-10H,1-8H2;8-10H,1-6H2. The molecule has 0 aliphatic carbocycles. The maximum Gasteiger partial charge on any atom is 0.0558 e. The minimum atomic E-state index is 0.0694. The van der Waals surface area contributed by atoms with E-state index in [9.17, 15) is 0 Å². The second-order valence-corrected chi connectivity index (χ2v) is 4.58. The molecule has 0 aliphatic heterocycles. The van der Waals surface area contributed by atoms with Gasteiger partial charge in [0.25, 0.3) is 0 Å². The first kappa shape index (κ1) is 22.0. The molecule has 0 fully saturated rings. The van der Waals surface area contributed by atoms with E-state index in [1.165, 1.54) is 12.8 Å². The summed E-state index contributed by atoms with van der Waals surface area (Å²) in [6.45, 7) is 2.39. The van der Waals surface area contributed by atoms with Gasteiger partial charge in [-0.2, -0.15) is 0 Å². The fraction of sp³-hybridized carbons (Fsp3) is 1.00. The molecule has 0 aromatic heterocycles. The van der Waals surface area contributed by atoms with Crippen molar-refractivity contribution in [3.63, 3.8) is 0 Å². The van der Waals surface area contributed by atoms with Gasteiger partial charge >= 0.3 is 0 Å². The second-order valence-electron chi connectivity index (χ2n) is 4.58. The Morgan fingerprint density at radius 2 is 0.700 bits per heavy atom. The van der Waals surface area contributed by atoms with Crippen molar-refractivity contribution in [2.75, 3.05) is 52.7 Å². The van der Waals surface area contributed by atoms with E-state index in [1.807, 2.05) is 0 Å². The van der Waals surface area contributed by atoms with E-state index >= 15 is 0 Å². The van der Waals surface area contributed by atoms with Crippen molar-refractivity contribution < 1.29 is 25.5 Å². The van der Waals surface area contributed by atoms with E-state index in [2.05, 4.69) is 0 Å². The lowest BCUT2D eigenvalue weighted by molar-refractivity contribution is 0.136. The Bertz CT molecular complexity index is 138. The molecule has 0 saturated heterocycles. The Morgan fingerprint density at radius 1 is 0.400 bits per heavy atom. The van der Waals surface area contributed by atoms with Gasteiger partial charge in [-0.1, -0.05) is 25.7 Å². The van der Waals surface area contributed by atoms with Gasteiger partial charge in [0.05, 0.1) is 19.8 Å². The van der Waals surface area contributed by atoms with E-state index in [-0.39, 0.29) is 19.8 Å². The molecule has 0 aromatic carbocycles. The molecule has 0 radical (unpaired) electrons. The molecular weight excluding hydrogens is 262 g/mol. The van der Waals surface area contributed by atoms with Crippen LogP contribution in [0.25, 0.3) is 0 Å². The third kappa shape index (κ3) is 20.1. The minimum absolute atomic E-state index is 0.0694. The molecule has 5 N–H and O–H groups in total. The van der Waals surface area contributed by atoms with Gasteiger partial charge in [0, 0.05) is 32.8 Å². The number of unbranched alkanes of at least 4 members (excludes halogenated alkanes) is 5. The van der Waals surface area contributed by atoms with Crippen molar-refractivity contribution in [2.45, 2.75) is 38.5 Å². The quantitative estimate of drug-likeness (QED) is 0.296. The lowest BCUT2D eigenvalue weighted by atomic mass is 10.1. The molecule has 0 aromatic rings. The summed E-state index contributed by atoms with van der Waals surface area (Å²) in [5.74, 6) is 0. The first-order chi connectivity index (χ1) is 9.76. The van der Waals surface area contributed by atoms with Crippen LogP contribution in [0, 0.1) is 0 Å². The van der Waals surface area contributed by atoms with Gasteiger partial charge in [0.1, 0.15) is 0 Å². The highest BCUT2D eigenvalue weighted by Gasteiger charge is 2.00. The SMILES string of the molecule is OCCCCCCCCO.OCCN(CCO)CCO. The number of hydrogen-bond acceptors (Lipinski definition) is 6. The summed E-state index contributed by atoms with van der Waals surface area (Å²) in [6, 6.07) is 0. The minimum Gasteiger partial charge on any atom is -0.396 e. The lowest BCUT2D eigenvalue weighted by Crippen LogP contribution is -2.32. The summed E-state index contributed by atoms with van der Waals surface area (Å²) in [7, 11) is 0. The van der Waals surface area contributed by atoms with E-state index in [4.69, 9.17) is 25.5 Å². The summed E-state index contributed by atoms with van der Waals surface area (Å²) < 4.78 is 0. The van der Waals surface area contributed by atoms with Gasteiger partial charge in [-0.15, -0.1) is 0 Å². The third-order valence-electron chi connectivity index (χ3n) is 2.81. The van der Waals surface area contributed by atoms with Crippen LogP contribution in [0.15, 0.2) is 0 Å². The zero-order valence-corrected chi connectivity index (χ0v) is 12.6. The van der Waals surface area contributed by atoms with E-state index in [1.54, 1.807) is 4.90 Å². The monoisotopic (exact) mass is 295 g/mol. The van der Waals surface area contributed by atoms with Crippen molar-refractivity contribution in [1.82, 2.24) is 4.90 Å². The normalized spacial score (nSPS) is 10.5. The highest BCUT2D eigenvalue weighted by Crippen LogP contribution is 2.03. The average molecular weight is 295 g/mol. The van der Waals surface area contributed by atoms with Crippen molar-refractivity contribution in [3.8, 4) is 0 Å². The van der Waals surface area contributed by atoms with Gasteiger partial charge in [-0.05, 0) is 12.8 Å². The fourth-order valence-corrected chi connectivity index (χ4v) is 1.69. The number of nitrogens with zero attached hydrogens (tertiary/aromatic N) is 1. The molecule has 6 heteroatoms. The fourth-order valence-electron chi connectivity index (χ4n) is 1.69. The molecule has 0 rings (SSSR count). The van der Waals surface area contributed by atoms with Gasteiger partial charge in [0.2, 0.25) is 0 Å². The van der Waals surface area contributed by atoms with E-state index < -0.39 is 0 Å². The number of aliphatic hydroxyl groups is 5. The molecule has 0 saturated carbocycles. The van der Waals surface area contributed by atoms with Crippen LogP contribution >= 0.6 is 0 Å². The molecule has 20 heavy (non-hydrogen) atoms. The summed E-state index contributed by atoms with van der Waals surface area (Å²) in [4.78, 5) is 1.79. The van der Waals surface area contributed by atoms with Gasteiger partial charge < -0.3 is 25.5 Å². The number of aliphatic hydroxyl groups excluding tert-OH is 5. The Labute approximate surface area is 122 Å². The van der Waals surface area contributed by atoms with Crippen molar-refractivity contribution in [3.05, 3.63) is 0 Å². The molecule has 0 spiro atoms. The van der Waals surface area contributed by atoms with Crippen LogP contribution in [-0.4, -0.2) is 83.1 Å². The van der Waals surface area contributed by atoms with Crippen LogP contribution in [0.3, 0.4) is 0 Å². The van der Waals surface area contributed by atoms with E-state index in [0.717, 1.165) is 25.7 Å². The molecular formula is C14H33NO5. The predicted octanol–water partition coefficient (Wildman–Crippen LogP) is -0.423. The average Bonchev–Trinajstić information content (AvgIpc) is 2.44. The second kappa shape index (κ2) is 21.1. The topological polar surface area (TPSA) is 104 Å². The summed E-state index contributed by atoms with van der Waals surface area (Å²) >= 11 is 0. The number of rotatable bonds is 13. The van der Waals surface area contributed by atoms with Gasteiger partial charge in [-0.25, -0.2) is 0 Å². The zero-order valence-electron chi connectivity index (χ0n) is 12.6. The van der Waals surface area contributed by atoms with Crippen LogP contribution in [0.5, 0.6) is 0 Å². The third-order valence-corrected chi connectivity index (χ3v) is 2.81. The van der Waals surface area contributed by atoms with Crippen LogP contribution in [0.4, 0.5) is 0 Å². The van der Waals surface area contributed by atoms with Gasteiger partial charge in [-0.3, -0.25) is 4.90 Å². The molecule has 6 nitrogen and oxygen atoms in total. The molecule has 0 unspecified atom stereocenters. The molecule has 0 amide bonds. The summed E-state index contributed by atoms with van der Waals surface area (Å²) in [6.07, 6.45) is 6.50.